The molecule has 0 bridgehead atoms. The molecule has 1 aromatic rings. The Labute approximate surface area is 114 Å². The summed E-state index contributed by atoms with van der Waals surface area (Å²) in [7, 11) is 0. The van der Waals surface area contributed by atoms with Crippen molar-refractivity contribution in [3.63, 3.8) is 0 Å². The van der Waals surface area contributed by atoms with E-state index < -0.39 is 0 Å². The van der Waals surface area contributed by atoms with Crippen LogP contribution in [0.15, 0.2) is 71.1 Å². The van der Waals surface area contributed by atoms with Gasteiger partial charge in [0, 0.05) is 16.7 Å². The van der Waals surface area contributed by atoms with E-state index in [9.17, 15) is 0 Å². The molecule has 0 aliphatic rings. The summed E-state index contributed by atoms with van der Waals surface area (Å²) in [6, 6.07) is 10.1. The van der Waals surface area contributed by atoms with Gasteiger partial charge in [-0.05, 0) is 11.3 Å². The Kier molecular flexibility index (Phi) is 6.23. The topological polar surface area (TPSA) is 12.4 Å². The van der Waals surface area contributed by atoms with Crippen LogP contribution in [0.1, 0.15) is 19.4 Å². The number of thioether (sulfide) groups is 1. The average molecular weight is 257 g/mol. The van der Waals surface area contributed by atoms with Crippen molar-refractivity contribution < 1.29 is 0 Å². The largest absolute Gasteiger partial charge is 0.255 e. The lowest BCUT2D eigenvalue weighted by molar-refractivity contribution is 0.829. The fourth-order valence-corrected chi connectivity index (χ4v) is 1.83. The first-order chi connectivity index (χ1) is 8.65. The van der Waals surface area contributed by atoms with Crippen molar-refractivity contribution in [3.05, 3.63) is 71.6 Å². The van der Waals surface area contributed by atoms with Crippen LogP contribution in [0.25, 0.3) is 0 Å². The highest BCUT2D eigenvalue weighted by molar-refractivity contribution is 8.06. The number of hydrogen-bond acceptors (Lipinski definition) is 2. The minimum absolute atomic E-state index is 0.492. The summed E-state index contributed by atoms with van der Waals surface area (Å²) >= 11 is 1.50. The summed E-state index contributed by atoms with van der Waals surface area (Å²) in [5, 5.41) is 1.77. The molecule has 0 aliphatic carbocycles. The number of hydrogen-bond donors (Lipinski definition) is 0. The second-order valence-corrected chi connectivity index (χ2v) is 5.20. The van der Waals surface area contributed by atoms with Crippen molar-refractivity contribution in [1.29, 1.82) is 0 Å². The van der Waals surface area contributed by atoms with Gasteiger partial charge in [0.1, 0.15) is 0 Å². The van der Waals surface area contributed by atoms with Gasteiger partial charge in [-0.25, -0.2) is 0 Å². The van der Waals surface area contributed by atoms with Crippen LogP contribution in [-0.2, 0) is 0 Å². The number of nitrogens with zero attached hydrogens (tertiary/aromatic N) is 1. The third-order valence-electron chi connectivity index (χ3n) is 2.21. The molecule has 18 heavy (non-hydrogen) atoms. The summed E-state index contributed by atoms with van der Waals surface area (Å²) < 4.78 is 0. The lowest BCUT2D eigenvalue weighted by atomic mass is 10.1. The number of allylic oxidation sites excluding steroid dienone is 2. The van der Waals surface area contributed by atoms with Crippen molar-refractivity contribution in [2.24, 2.45) is 10.9 Å². The maximum absolute atomic E-state index is 4.52. The fourth-order valence-electron chi connectivity index (χ4n) is 1.35. The van der Waals surface area contributed by atoms with Crippen molar-refractivity contribution >= 4 is 17.5 Å². The Morgan fingerprint density at radius 2 is 1.94 bits per heavy atom. The highest BCUT2D eigenvalue weighted by Crippen LogP contribution is 2.20. The van der Waals surface area contributed by atoms with Crippen LogP contribution in [0.5, 0.6) is 0 Å². The molecule has 0 saturated heterocycles. The minimum Gasteiger partial charge on any atom is -0.255 e. The molecule has 1 aromatic carbocycles. The Balaban J connectivity index is 3.03. The van der Waals surface area contributed by atoms with Gasteiger partial charge in [-0.3, -0.25) is 4.99 Å². The van der Waals surface area contributed by atoms with Crippen LogP contribution in [-0.4, -0.2) is 5.71 Å². The van der Waals surface area contributed by atoms with Crippen molar-refractivity contribution in [3.8, 4) is 0 Å². The van der Waals surface area contributed by atoms with E-state index in [2.05, 4.69) is 38.1 Å². The van der Waals surface area contributed by atoms with Gasteiger partial charge in [-0.15, -0.1) is 0 Å². The van der Waals surface area contributed by atoms with Crippen LogP contribution in [0.3, 0.4) is 0 Å². The third kappa shape index (κ3) is 4.76. The van der Waals surface area contributed by atoms with E-state index >= 15 is 0 Å². The van der Waals surface area contributed by atoms with E-state index in [-0.39, 0.29) is 0 Å². The maximum Gasteiger partial charge on any atom is 0.0834 e. The Morgan fingerprint density at radius 3 is 2.50 bits per heavy atom. The molecule has 0 saturated carbocycles. The standard InChI is InChI=1S/C16H19NS/c1-5-18-14(4)16(17-12-11-13(2)3)15-9-7-6-8-10-15/h5-13H,1,4H2,2-3H3/b12-11-,17-16+. The van der Waals surface area contributed by atoms with Crippen molar-refractivity contribution in [2.45, 2.75) is 13.8 Å². The summed E-state index contributed by atoms with van der Waals surface area (Å²) in [5.41, 5.74) is 1.97. The lowest BCUT2D eigenvalue weighted by Gasteiger charge is -2.06. The zero-order chi connectivity index (χ0) is 13.4. The third-order valence-corrected chi connectivity index (χ3v) is 2.86. The van der Waals surface area contributed by atoms with Crippen LogP contribution in [0, 0.1) is 5.92 Å². The zero-order valence-corrected chi connectivity index (χ0v) is 11.8. The Bertz CT molecular complexity index is 455. The van der Waals surface area contributed by atoms with Crippen LogP contribution in [0.2, 0.25) is 0 Å². The smallest absolute Gasteiger partial charge is 0.0834 e. The lowest BCUT2D eigenvalue weighted by Crippen LogP contribution is -2.00. The summed E-state index contributed by atoms with van der Waals surface area (Å²) in [4.78, 5) is 5.43. The molecule has 0 aliphatic heterocycles. The average Bonchev–Trinajstić information content (AvgIpc) is 2.35. The SMILES string of the molecule is C=CSC(=C)/C(=N\C=C/C(C)C)c1ccccc1. The molecule has 0 unspecified atom stereocenters. The van der Waals surface area contributed by atoms with Crippen molar-refractivity contribution in [2.75, 3.05) is 0 Å². The molecule has 0 amide bonds. The van der Waals surface area contributed by atoms with Gasteiger partial charge < -0.3 is 0 Å². The predicted octanol–water partition coefficient (Wildman–Crippen LogP) is 5.04. The first-order valence-electron chi connectivity index (χ1n) is 5.92. The van der Waals surface area contributed by atoms with E-state index in [1.807, 2.05) is 36.5 Å². The van der Waals surface area contributed by atoms with Gasteiger partial charge >= 0.3 is 0 Å². The van der Waals surface area contributed by atoms with E-state index in [0.29, 0.717) is 5.92 Å². The number of benzene rings is 1. The zero-order valence-electron chi connectivity index (χ0n) is 11.0. The molecule has 0 spiro atoms. The predicted molar refractivity (Wildman–Crippen MR) is 83.9 cm³/mol. The second kappa shape index (κ2) is 7.72. The molecule has 2 heteroatoms. The summed E-state index contributed by atoms with van der Waals surface area (Å²) in [6.45, 7) is 12.0. The monoisotopic (exact) mass is 257 g/mol. The van der Waals surface area contributed by atoms with E-state index in [1.165, 1.54) is 11.8 Å². The molecule has 0 aromatic heterocycles. The van der Waals surface area contributed by atoms with Gasteiger partial charge in [0.05, 0.1) is 5.71 Å². The van der Waals surface area contributed by atoms with E-state index in [0.717, 1.165) is 16.2 Å². The molecule has 0 heterocycles. The fraction of sp³-hybridized carbons (Fsp3) is 0.188. The Morgan fingerprint density at radius 1 is 1.28 bits per heavy atom. The molecule has 0 fully saturated rings. The van der Waals surface area contributed by atoms with Crippen LogP contribution in [0.4, 0.5) is 0 Å². The van der Waals surface area contributed by atoms with Gasteiger partial charge in [0.2, 0.25) is 0 Å². The summed E-state index contributed by atoms with van der Waals surface area (Å²) in [5.74, 6) is 0.492. The minimum atomic E-state index is 0.492. The molecule has 0 N–H and O–H groups in total. The highest BCUT2D eigenvalue weighted by Gasteiger charge is 2.06. The van der Waals surface area contributed by atoms with E-state index in [1.54, 1.807) is 5.41 Å². The van der Waals surface area contributed by atoms with E-state index in [4.69, 9.17) is 0 Å². The van der Waals surface area contributed by atoms with Gasteiger partial charge in [-0.2, -0.15) is 0 Å². The first kappa shape index (κ1) is 14.5. The van der Waals surface area contributed by atoms with Gasteiger partial charge in [0.15, 0.2) is 0 Å². The quantitative estimate of drug-likeness (QED) is 0.651. The highest BCUT2D eigenvalue weighted by atomic mass is 32.2. The maximum atomic E-state index is 4.52. The molecule has 0 atom stereocenters. The Hall–Kier alpha value is -1.54. The first-order valence-corrected chi connectivity index (χ1v) is 6.80. The molecule has 1 rings (SSSR count). The number of aliphatic imine (C=N–C) groups is 1. The molecular weight excluding hydrogens is 238 g/mol. The number of rotatable bonds is 6. The van der Waals surface area contributed by atoms with Crippen LogP contribution < -0.4 is 0 Å². The second-order valence-electron chi connectivity index (χ2n) is 4.14. The normalized spacial score (nSPS) is 12.1. The van der Waals surface area contributed by atoms with Gasteiger partial charge in [-0.1, -0.05) is 75.2 Å². The molecule has 94 valence electrons. The van der Waals surface area contributed by atoms with Crippen molar-refractivity contribution in [1.82, 2.24) is 0 Å². The van der Waals surface area contributed by atoms with Gasteiger partial charge in [0.25, 0.3) is 0 Å². The van der Waals surface area contributed by atoms with Crippen LogP contribution >= 0.6 is 11.8 Å². The molecule has 0 radical (unpaired) electrons. The summed E-state index contributed by atoms with van der Waals surface area (Å²) in [6.07, 6.45) is 3.91. The molecule has 1 nitrogen and oxygen atoms in total. The molecular formula is C16H19NS.